The van der Waals surface area contributed by atoms with Gasteiger partial charge in [-0.15, -0.1) is 0 Å². The highest BCUT2D eigenvalue weighted by atomic mass is 16.2. The molecule has 4 rings (SSSR count). The molecule has 3 amide bonds. The summed E-state index contributed by atoms with van der Waals surface area (Å²) in [6, 6.07) is 14.5. The summed E-state index contributed by atoms with van der Waals surface area (Å²) in [6.45, 7) is 1.01. The van der Waals surface area contributed by atoms with E-state index in [1.165, 1.54) is 4.90 Å². The van der Waals surface area contributed by atoms with E-state index >= 15 is 0 Å². The highest BCUT2D eigenvalue weighted by Crippen LogP contribution is 2.28. The maximum Gasteiger partial charge on any atom is 0.261 e. The van der Waals surface area contributed by atoms with E-state index in [9.17, 15) is 14.4 Å². The first kappa shape index (κ1) is 16.5. The molecule has 132 valence electrons. The van der Waals surface area contributed by atoms with Gasteiger partial charge in [0.15, 0.2) is 0 Å². The van der Waals surface area contributed by atoms with E-state index in [4.69, 9.17) is 0 Å². The molecule has 2 aromatic rings. The average molecular weight is 348 g/mol. The molecule has 1 aliphatic carbocycles. The largest absolute Gasteiger partial charge is 0.352 e. The van der Waals surface area contributed by atoms with Gasteiger partial charge in [0, 0.05) is 18.7 Å². The first-order valence-corrected chi connectivity index (χ1v) is 8.96. The van der Waals surface area contributed by atoms with Crippen LogP contribution in [0, 0.1) is 5.92 Å². The number of benzene rings is 2. The van der Waals surface area contributed by atoms with Crippen molar-refractivity contribution in [2.24, 2.45) is 5.92 Å². The van der Waals surface area contributed by atoms with Crippen LogP contribution in [0.5, 0.6) is 0 Å². The Balaban J connectivity index is 1.47. The second-order valence-corrected chi connectivity index (χ2v) is 6.91. The lowest BCUT2D eigenvalue weighted by Crippen LogP contribution is -2.31. The zero-order chi connectivity index (χ0) is 18.1. The monoisotopic (exact) mass is 348 g/mol. The number of nitrogens with zero attached hydrogens (tertiary/aromatic N) is 1. The molecule has 5 nitrogen and oxygen atoms in total. The van der Waals surface area contributed by atoms with Crippen LogP contribution in [0.2, 0.25) is 0 Å². The standard InChI is InChI=1S/C21H20N2O3/c24-19(22-13-15-6-7-15)16-8-9-17-18(12-16)21(26)23(20(17)25)11-10-14-4-2-1-3-5-14/h1-5,8-9,12,15H,6-7,10-11,13H2,(H,22,24). The Hall–Kier alpha value is -2.95. The number of nitrogens with one attached hydrogen (secondary N) is 1. The van der Waals surface area contributed by atoms with Gasteiger partial charge in [-0.3, -0.25) is 19.3 Å². The van der Waals surface area contributed by atoms with Gasteiger partial charge in [0.25, 0.3) is 17.7 Å². The zero-order valence-electron chi connectivity index (χ0n) is 14.4. The van der Waals surface area contributed by atoms with Crippen LogP contribution in [-0.2, 0) is 6.42 Å². The minimum absolute atomic E-state index is 0.192. The van der Waals surface area contributed by atoms with Crippen molar-refractivity contribution >= 4 is 17.7 Å². The molecule has 0 saturated heterocycles. The average Bonchev–Trinajstić information content (AvgIpc) is 3.47. The normalized spacial score (nSPS) is 15.9. The number of fused-ring (bicyclic) bond motifs is 1. The van der Waals surface area contributed by atoms with Gasteiger partial charge >= 0.3 is 0 Å². The zero-order valence-corrected chi connectivity index (χ0v) is 14.4. The van der Waals surface area contributed by atoms with Crippen LogP contribution in [0.4, 0.5) is 0 Å². The molecule has 0 aromatic heterocycles. The number of imide groups is 1. The van der Waals surface area contributed by atoms with Crippen LogP contribution < -0.4 is 5.32 Å². The molecule has 1 saturated carbocycles. The van der Waals surface area contributed by atoms with Gasteiger partial charge in [0.05, 0.1) is 11.1 Å². The Bertz CT molecular complexity index is 872. The van der Waals surface area contributed by atoms with Crippen LogP contribution in [-0.4, -0.2) is 35.7 Å². The molecule has 2 aromatic carbocycles. The summed E-state index contributed by atoms with van der Waals surface area (Å²) >= 11 is 0. The molecular formula is C21H20N2O3. The van der Waals surface area contributed by atoms with Crippen LogP contribution in [0.3, 0.4) is 0 Å². The number of carbonyl (C=O) groups is 3. The Morgan fingerprint density at radius 3 is 2.46 bits per heavy atom. The molecule has 0 unspecified atom stereocenters. The molecule has 1 aliphatic heterocycles. The minimum atomic E-state index is -0.322. The Labute approximate surface area is 152 Å². The van der Waals surface area contributed by atoms with Gasteiger partial charge in [-0.2, -0.15) is 0 Å². The van der Waals surface area contributed by atoms with Crippen molar-refractivity contribution in [3.05, 3.63) is 70.8 Å². The third kappa shape index (κ3) is 3.25. The van der Waals surface area contributed by atoms with Crippen LogP contribution in [0.1, 0.15) is 49.5 Å². The van der Waals surface area contributed by atoms with Crippen molar-refractivity contribution in [1.29, 1.82) is 0 Å². The molecular weight excluding hydrogens is 328 g/mol. The van der Waals surface area contributed by atoms with Crippen molar-refractivity contribution in [3.8, 4) is 0 Å². The van der Waals surface area contributed by atoms with Gasteiger partial charge in [0.2, 0.25) is 0 Å². The molecule has 1 heterocycles. The number of carbonyl (C=O) groups excluding carboxylic acids is 3. The first-order chi connectivity index (χ1) is 12.6. The third-order valence-corrected chi connectivity index (χ3v) is 4.95. The van der Waals surface area contributed by atoms with E-state index in [0.717, 1.165) is 18.4 Å². The molecule has 1 N–H and O–H groups in total. The highest BCUT2D eigenvalue weighted by Gasteiger charge is 2.35. The van der Waals surface area contributed by atoms with E-state index in [1.807, 2.05) is 30.3 Å². The Kier molecular flexibility index (Phi) is 4.29. The van der Waals surface area contributed by atoms with Crippen molar-refractivity contribution < 1.29 is 14.4 Å². The summed E-state index contributed by atoms with van der Waals surface area (Å²) in [6.07, 6.45) is 2.93. The maximum atomic E-state index is 12.7. The van der Waals surface area contributed by atoms with Gasteiger partial charge in [0.1, 0.15) is 0 Å². The van der Waals surface area contributed by atoms with Crippen molar-refractivity contribution in [3.63, 3.8) is 0 Å². The quantitative estimate of drug-likeness (QED) is 0.816. The molecule has 0 atom stereocenters. The van der Waals surface area contributed by atoms with Gasteiger partial charge in [-0.05, 0) is 48.9 Å². The summed E-state index contributed by atoms with van der Waals surface area (Å²) in [4.78, 5) is 38.7. The van der Waals surface area contributed by atoms with E-state index in [0.29, 0.717) is 42.1 Å². The number of rotatable bonds is 6. The minimum Gasteiger partial charge on any atom is -0.352 e. The molecule has 2 aliphatic rings. The van der Waals surface area contributed by atoms with Gasteiger partial charge in [-0.25, -0.2) is 0 Å². The van der Waals surface area contributed by atoms with Crippen LogP contribution in [0.25, 0.3) is 0 Å². The second-order valence-electron chi connectivity index (χ2n) is 6.91. The lowest BCUT2D eigenvalue weighted by Gasteiger charge is -2.13. The fraction of sp³-hybridized carbons (Fsp3) is 0.286. The Morgan fingerprint density at radius 2 is 1.73 bits per heavy atom. The molecule has 0 radical (unpaired) electrons. The van der Waals surface area contributed by atoms with Crippen molar-refractivity contribution in [1.82, 2.24) is 10.2 Å². The lowest BCUT2D eigenvalue weighted by atomic mass is 10.1. The first-order valence-electron chi connectivity index (χ1n) is 8.96. The summed E-state index contributed by atoms with van der Waals surface area (Å²) < 4.78 is 0. The topological polar surface area (TPSA) is 66.5 Å². The van der Waals surface area contributed by atoms with Crippen LogP contribution >= 0.6 is 0 Å². The van der Waals surface area contributed by atoms with Crippen molar-refractivity contribution in [2.45, 2.75) is 19.3 Å². The number of hydrogen-bond donors (Lipinski definition) is 1. The molecule has 0 spiro atoms. The van der Waals surface area contributed by atoms with E-state index in [-0.39, 0.29) is 17.7 Å². The molecule has 26 heavy (non-hydrogen) atoms. The molecule has 1 fully saturated rings. The van der Waals surface area contributed by atoms with Gasteiger partial charge < -0.3 is 5.32 Å². The molecule has 5 heteroatoms. The number of hydrogen-bond acceptors (Lipinski definition) is 3. The fourth-order valence-electron chi connectivity index (χ4n) is 3.18. The predicted octanol–water partition coefficient (Wildman–Crippen LogP) is 2.67. The van der Waals surface area contributed by atoms with E-state index in [1.54, 1.807) is 18.2 Å². The maximum absolute atomic E-state index is 12.7. The lowest BCUT2D eigenvalue weighted by molar-refractivity contribution is 0.0656. The highest BCUT2D eigenvalue weighted by molar-refractivity contribution is 6.22. The molecule has 0 bridgehead atoms. The van der Waals surface area contributed by atoms with E-state index in [2.05, 4.69) is 5.32 Å². The second kappa shape index (κ2) is 6.75. The summed E-state index contributed by atoms with van der Waals surface area (Å²) in [7, 11) is 0. The Morgan fingerprint density at radius 1 is 1.00 bits per heavy atom. The van der Waals surface area contributed by atoms with Crippen molar-refractivity contribution in [2.75, 3.05) is 13.1 Å². The number of amides is 3. The summed E-state index contributed by atoms with van der Waals surface area (Å²) in [5, 5.41) is 2.89. The summed E-state index contributed by atoms with van der Waals surface area (Å²) in [5.41, 5.74) is 2.20. The fourth-order valence-corrected chi connectivity index (χ4v) is 3.18. The SMILES string of the molecule is O=C(NCC1CC1)c1ccc2c(c1)C(=O)N(CCc1ccccc1)C2=O. The summed E-state index contributed by atoms with van der Waals surface area (Å²) in [5.74, 6) is -0.212. The van der Waals surface area contributed by atoms with E-state index < -0.39 is 0 Å². The van der Waals surface area contributed by atoms with Gasteiger partial charge in [-0.1, -0.05) is 30.3 Å². The smallest absolute Gasteiger partial charge is 0.261 e. The van der Waals surface area contributed by atoms with Crippen LogP contribution in [0.15, 0.2) is 48.5 Å². The third-order valence-electron chi connectivity index (χ3n) is 4.95. The predicted molar refractivity (Wildman–Crippen MR) is 97.0 cm³/mol.